The molecular formula is C18H20N4O4S. The Morgan fingerprint density at radius 1 is 1.11 bits per heavy atom. The van der Waals surface area contributed by atoms with Gasteiger partial charge < -0.3 is 21.7 Å². The van der Waals surface area contributed by atoms with E-state index in [4.69, 9.17) is 5.73 Å². The molecule has 3 amide bonds. The summed E-state index contributed by atoms with van der Waals surface area (Å²) in [5, 5.41) is 7.97. The lowest BCUT2D eigenvalue weighted by Gasteiger charge is -2.12. The van der Waals surface area contributed by atoms with Crippen LogP contribution in [0.4, 0.5) is 10.5 Å². The summed E-state index contributed by atoms with van der Waals surface area (Å²) in [5.74, 6) is -0.799. The summed E-state index contributed by atoms with van der Waals surface area (Å²) in [6.07, 6.45) is 0. The second-order valence-electron chi connectivity index (χ2n) is 6.25. The number of nitrogens with one attached hydrogen (secondary N) is 3. The third-order valence-corrected chi connectivity index (χ3v) is 6.05. The first-order chi connectivity index (χ1) is 12.8. The number of hydrogen-bond acceptors (Lipinski definition) is 5. The third-order valence-electron chi connectivity index (χ3n) is 4.31. The normalized spacial score (nSPS) is 13.1. The van der Waals surface area contributed by atoms with E-state index < -0.39 is 21.8 Å². The molecule has 5 N–H and O–H groups in total. The molecule has 0 spiro atoms. The molecule has 142 valence electrons. The summed E-state index contributed by atoms with van der Waals surface area (Å²) in [6, 6.07) is 8.77. The van der Waals surface area contributed by atoms with Gasteiger partial charge in [-0.25, -0.2) is 13.2 Å². The highest BCUT2D eigenvalue weighted by atomic mass is 32.2. The van der Waals surface area contributed by atoms with Crippen LogP contribution in [-0.2, 0) is 28.7 Å². The van der Waals surface area contributed by atoms with E-state index in [0.29, 0.717) is 12.1 Å². The highest BCUT2D eigenvalue weighted by molar-refractivity contribution is 7.90. The minimum absolute atomic E-state index is 0.0495. The molecular weight excluding hydrogens is 368 g/mol. The van der Waals surface area contributed by atoms with Gasteiger partial charge in [0.05, 0.1) is 16.2 Å². The molecule has 2 aromatic rings. The zero-order valence-electron chi connectivity index (χ0n) is 14.7. The molecule has 0 saturated carbocycles. The lowest BCUT2D eigenvalue weighted by Crippen LogP contribution is -2.23. The smallest absolute Gasteiger partial charge is 0.316 e. The number of carbonyl (C=O) groups excluding carboxylic acids is 2. The van der Waals surface area contributed by atoms with Crippen molar-refractivity contribution in [1.82, 2.24) is 10.6 Å². The number of hydrogen-bond donors (Lipinski definition) is 4. The number of carbonyl (C=O) groups is 2. The maximum Gasteiger partial charge on any atom is 0.316 e. The molecule has 0 bridgehead atoms. The van der Waals surface area contributed by atoms with Crippen molar-refractivity contribution >= 4 is 27.5 Å². The molecule has 0 fully saturated rings. The van der Waals surface area contributed by atoms with E-state index in [1.54, 1.807) is 6.07 Å². The van der Waals surface area contributed by atoms with E-state index in [1.807, 2.05) is 12.1 Å². The summed E-state index contributed by atoms with van der Waals surface area (Å²) < 4.78 is 25.9. The lowest BCUT2D eigenvalue weighted by molar-refractivity contribution is 0.0960. The Bertz CT molecular complexity index is 1020. The number of benzene rings is 2. The fourth-order valence-corrected chi connectivity index (χ4v) is 4.60. The molecule has 0 aliphatic carbocycles. The molecule has 1 heterocycles. The predicted octanol–water partition coefficient (Wildman–Crippen LogP) is 1.11. The van der Waals surface area contributed by atoms with Gasteiger partial charge in [0.1, 0.15) is 0 Å². The van der Waals surface area contributed by atoms with Gasteiger partial charge in [-0.1, -0.05) is 18.2 Å². The molecule has 0 atom stereocenters. The molecule has 1 aliphatic rings. The van der Waals surface area contributed by atoms with Gasteiger partial charge in [0.2, 0.25) is 0 Å². The maximum absolute atomic E-state index is 13.0. The first kappa shape index (κ1) is 18.9. The van der Waals surface area contributed by atoms with Gasteiger partial charge in [-0.15, -0.1) is 0 Å². The molecule has 2 aromatic carbocycles. The summed E-state index contributed by atoms with van der Waals surface area (Å²) in [5.41, 5.74) is 8.16. The number of urea groups is 1. The Morgan fingerprint density at radius 3 is 2.56 bits per heavy atom. The standard InChI is InChI=1S/C18H20N4O4S/c1-20-17(23)15-7-14(22-18(19)24)4-5-16(15)27(25,26)10-11-2-3-12-8-21-9-13(12)6-11/h2-7,21H,8-10H2,1H3,(H,20,23)(H3,19,22,24). The zero-order chi connectivity index (χ0) is 19.6. The zero-order valence-corrected chi connectivity index (χ0v) is 15.5. The van der Waals surface area contributed by atoms with Gasteiger partial charge in [-0.3, -0.25) is 4.79 Å². The van der Waals surface area contributed by atoms with E-state index in [0.717, 1.165) is 17.7 Å². The first-order valence-corrected chi connectivity index (χ1v) is 9.92. The van der Waals surface area contributed by atoms with E-state index >= 15 is 0 Å². The fourth-order valence-electron chi connectivity index (χ4n) is 3.07. The lowest BCUT2D eigenvalue weighted by atomic mass is 10.1. The number of nitrogens with two attached hydrogens (primary N) is 1. The van der Waals surface area contributed by atoms with Crippen molar-refractivity contribution in [3.63, 3.8) is 0 Å². The molecule has 9 heteroatoms. The maximum atomic E-state index is 13.0. The summed E-state index contributed by atoms with van der Waals surface area (Å²) in [4.78, 5) is 23.1. The van der Waals surface area contributed by atoms with E-state index in [9.17, 15) is 18.0 Å². The van der Waals surface area contributed by atoms with Crippen LogP contribution in [0.15, 0.2) is 41.3 Å². The van der Waals surface area contributed by atoms with Crippen molar-refractivity contribution in [3.8, 4) is 0 Å². The van der Waals surface area contributed by atoms with Crippen LogP contribution in [0, 0.1) is 0 Å². The Labute approximate surface area is 157 Å². The van der Waals surface area contributed by atoms with Gasteiger partial charge in [0.25, 0.3) is 5.91 Å². The Hall–Kier alpha value is -2.91. The Kier molecular flexibility index (Phi) is 5.15. The topological polar surface area (TPSA) is 130 Å². The molecule has 0 radical (unpaired) electrons. The van der Waals surface area contributed by atoms with E-state index in [1.165, 1.54) is 25.2 Å². The number of fused-ring (bicyclic) bond motifs is 1. The van der Waals surface area contributed by atoms with Crippen LogP contribution >= 0.6 is 0 Å². The molecule has 0 aromatic heterocycles. The molecule has 3 rings (SSSR count). The monoisotopic (exact) mass is 388 g/mol. The average Bonchev–Trinajstić information content (AvgIpc) is 3.07. The van der Waals surface area contributed by atoms with E-state index in [-0.39, 0.29) is 21.9 Å². The predicted molar refractivity (Wildman–Crippen MR) is 101 cm³/mol. The van der Waals surface area contributed by atoms with Crippen molar-refractivity contribution in [2.45, 2.75) is 23.7 Å². The van der Waals surface area contributed by atoms with Crippen LogP contribution < -0.4 is 21.7 Å². The summed E-state index contributed by atoms with van der Waals surface area (Å²) in [6.45, 7) is 1.48. The highest BCUT2D eigenvalue weighted by Crippen LogP contribution is 2.25. The Balaban J connectivity index is 1.97. The molecule has 27 heavy (non-hydrogen) atoms. The first-order valence-electron chi connectivity index (χ1n) is 8.27. The van der Waals surface area contributed by atoms with Gasteiger partial charge in [-0.05, 0) is 34.9 Å². The number of anilines is 1. The van der Waals surface area contributed by atoms with Crippen molar-refractivity contribution < 1.29 is 18.0 Å². The number of primary amides is 1. The van der Waals surface area contributed by atoms with Crippen LogP contribution in [-0.4, -0.2) is 27.4 Å². The van der Waals surface area contributed by atoms with Crippen LogP contribution in [0.1, 0.15) is 27.0 Å². The number of sulfone groups is 1. The van der Waals surface area contributed by atoms with Gasteiger partial charge in [0, 0.05) is 25.8 Å². The molecule has 0 saturated heterocycles. The van der Waals surface area contributed by atoms with Crippen molar-refractivity contribution in [2.75, 3.05) is 12.4 Å². The average molecular weight is 388 g/mol. The number of amides is 3. The van der Waals surface area contributed by atoms with Crippen LogP contribution in [0.25, 0.3) is 0 Å². The highest BCUT2D eigenvalue weighted by Gasteiger charge is 2.24. The van der Waals surface area contributed by atoms with Crippen molar-refractivity contribution in [1.29, 1.82) is 0 Å². The van der Waals surface area contributed by atoms with Gasteiger partial charge >= 0.3 is 6.03 Å². The molecule has 0 unspecified atom stereocenters. The number of rotatable bonds is 5. The fraction of sp³-hybridized carbons (Fsp3) is 0.222. The second kappa shape index (κ2) is 7.37. The van der Waals surface area contributed by atoms with Crippen molar-refractivity contribution in [3.05, 3.63) is 58.7 Å². The Morgan fingerprint density at radius 2 is 1.85 bits per heavy atom. The van der Waals surface area contributed by atoms with Crippen LogP contribution in [0.2, 0.25) is 0 Å². The van der Waals surface area contributed by atoms with Gasteiger partial charge in [-0.2, -0.15) is 0 Å². The molecule has 8 nitrogen and oxygen atoms in total. The van der Waals surface area contributed by atoms with Gasteiger partial charge in [0.15, 0.2) is 9.84 Å². The third kappa shape index (κ3) is 4.09. The SMILES string of the molecule is CNC(=O)c1cc(NC(N)=O)ccc1S(=O)(=O)Cc1ccc2c(c1)CNC2. The second-order valence-corrected chi connectivity index (χ2v) is 8.20. The van der Waals surface area contributed by atoms with Crippen LogP contribution in [0.5, 0.6) is 0 Å². The van der Waals surface area contributed by atoms with Crippen LogP contribution in [0.3, 0.4) is 0 Å². The minimum Gasteiger partial charge on any atom is -0.355 e. The minimum atomic E-state index is -3.79. The molecule has 1 aliphatic heterocycles. The van der Waals surface area contributed by atoms with Crippen molar-refractivity contribution in [2.24, 2.45) is 5.73 Å². The largest absolute Gasteiger partial charge is 0.355 e. The van der Waals surface area contributed by atoms with E-state index in [2.05, 4.69) is 16.0 Å². The quantitative estimate of drug-likeness (QED) is 0.610. The summed E-state index contributed by atoms with van der Waals surface area (Å²) in [7, 11) is -2.38. The summed E-state index contributed by atoms with van der Waals surface area (Å²) >= 11 is 0.